The molecule has 0 saturated carbocycles. The number of esters is 3. The fourth-order valence-electron chi connectivity index (χ4n) is 7.82. The predicted octanol–water partition coefficient (Wildman–Crippen LogP) is 20.8. The average Bonchev–Trinajstić information content (AvgIpc) is 3.41. The van der Waals surface area contributed by atoms with Crippen LogP contribution in [0.2, 0.25) is 0 Å². The van der Waals surface area contributed by atoms with Crippen LogP contribution in [0.4, 0.5) is 0 Å². The van der Waals surface area contributed by atoms with Crippen LogP contribution in [0.1, 0.15) is 252 Å². The number of unbranched alkanes of at least 4 members (excludes halogenated alkanes) is 18. The van der Waals surface area contributed by atoms with Gasteiger partial charge in [0.05, 0.1) is 0 Å². The van der Waals surface area contributed by atoms with Crippen molar-refractivity contribution >= 4 is 17.9 Å². The number of carbonyl (C=O) groups excluding carboxylic acids is 3. The monoisotopic (exact) mass is 1030 g/mol. The lowest BCUT2D eigenvalue weighted by atomic mass is 10.1. The summed E-state index contributed by atoms with van der Waals surface area (Å²) in [7, 11) is 0. The first-order valence-corrected chi connectivity index (χ1v) is 30.3. The Morgan fingerprint density at radius 1 is 0.280 bits per heavy atom. The van der Waals surface area contributed by atoms with Crippen LogP contribution in [0.3, 0.4) is 0 Å². The highest BCUT2D eigenvalue weighted by Crippen LogP contribution is 2.14. The van der Waals surface area contributed by atoms with Crippen LogP contribution < -0.4 is 0 Å². The Kier molecular flexibility index (Phi) is 58.0. The van der Waals surface area contributed by atoms with Gasteiger partial charge in [-0.15, -0.1) is 0 Å². The number of rotatable bonds is 53. The zero-order valence-corrected chi connectivity index (χ0v) is 48.3. The van der Waals surface area contributed by atoms with E-state index < -0.39 is 6.10 Å². The quantitative estimate of drug-likeness (QED) is 0.0261. The van der Waals surface area contributed by atoms with Crippen LogP contribution in [0.15, 0.2) is 146 Å². The summed E-state index contributed by atoms with van der Waals surface area (Å²) in [4.78, 5) is 38.2. The summed E-state index contributed by atoms with van der Waals surface area (Å²) in [6.07, 6.45) is 88.4. The molecule has 0 aromatic carbocycles. The molecule has 0 spiro atoms. The van der Waals surface area contributed by atoms with Crippen LogP contribution in [0, 0.1) is 0 Å². The van der Waals surface area contributed by atoms with E-state index in [1.807, 2.05) is 0 Å². The van der Waals surface area contributed by atoms with Gasteiger partial charge in [0.15, 0.2) is 6.10 Å². The van der Waals surface area contributed by atoms with E-state index in [0.29, 0.717) is 19.3 Å². The van der Waals surface area contributed by atoms with Crippen molar-refractivity contribution in [2.24, 2.45) is 0 Å². The van der Waals surface area contributed by atoms with E-state index in [1.54, 1.807) is 0 Å². The summed E-state index contributed by atoms with van der Waals surface area (Å²) >= 11 is 0. The maximum Gasteiger partial charge on any atom is 0.306 e. The van der Waals surface area contributed by atoms with Crippen molar-refractivity contribution in [2.45, 2.75) is 258 Å². The molecule has 0 bridgehead atoms. The molecule has 0 aliphatic heterocycles. The van der Waals surface area contributed by atoms with Crippen LogP contribution in [0.5, 0.6) is 0 Å². The number of carbonyl (C=O) groups is 3. The van der Waals surface area contributed by atoms with Crippen LogP contribution >= 0.6 is 0 Å². The van der Waals surface area contributed by atoms with Gasteiger partial charge < -0.3 is 14.2 Å². The Balaban J connectivity index is 4.47. The Morgan fingerprint density at radius 3 is 0.827 bits per heavy atom. The van der Waals surface area contributed by atoms with Gasteiger partial charge in [-0.25, -0.2) is 0 Å². The highest BCUT2D eigenvalue weighted by Gasteiger charge is 2.19. The minimum Gasteiger partial charge on any atom is -0.462 e. The third kappa shape index (κ3) is 60.0. The Labute approximate surface area is 461 Å². The van der Waals surface area contributed by atoms with E-state index in [4.69, 9.17) is 14.2 Å². The molecular formula is C69H110O6. The minimum absolute atomic E-state index is 0.111. The van der Waals surface area contributed by atoms with Crippen molar-refractivity contribution in [1.29, 1.82) is 0 Å². The number of hydrogen-bond donors (Lipinski definition) is 0. The average molecular weight is 1040 g/mol. The molecule has 75 heavy (non-hydrogen) atoms. The summed E-state index contributed by atoms with van der Waals surface area (Å²) in [6, 6.07) is 0. The number of ether oxygens (including phenoxy) is 3. The van der Waals surface area contributed by atoms with E-state index in [2.05, 4.69) is 167 Å². The van der Waals surface area contributed by atoms with E-state index in [-0.39, 0.29) is 31.1 Å². The molecule has 0 rings (SSSR count). The fraction of sp³-hybridized carbons (Fsp3) is 0.609. The molecule has 6 nitrogen and oxygen atoms in total. The van der Waals surface area contributed by atoms with Gasteiger partial charge >= 0.3 is 17.9 Å². The van der Waals surface area contributed by atoms with Crippen LogP contribution in [-0.2, 0) is 28.6 Å². The van der Waals surface area contributed by atoms with Gasteiger partial charge in [0.1, 0.15) is 13.2 Å². The Bertz CT molecular complexity index is 1660. The SMILES string of the molecule is CC/C=C\C/C=C\C/C=C\C/C=C\C/C=C\C/C=C\C/C=C\CCCCCC(=O)OCC(COC(=O)CCCCC/C=C\C/C=C\C/C=C\CC)OC(=O)CCCCCCCCCCC/C=C\C/C=C\CCCCC. The van der Waals surface area contributed by atoms with Crippen LogP contribution in [0.25, 0.3) is 0 Å². The lowest BCUT2D eigenvalue weighted by Crippen LogP contribution is -2.30. The molecule has 0 aliphatic carbocycles. The lowest BCUT2D eigenvalue weighted by Gasteiger charge is -2.18. The third-order valence-corrected chi connectivity index (χ3v) is 12.3. The van der Waals surface area contributed by atoms with Crippen LogP contribution in [-0.4, -0.2) is 37.2 Å². The molecular weight excluding hydrogens is 925 g/mol. The second-order valence-electron chi connectivity index (χ2n) is 19.5. The zero-order chi connectivity index (χ0) is 54.3. The molecule has 0 aliphatic rings. The lowest BCUT2D eigenvalue weighted by molar-refractivity contribution is -0.167. The summed E-state index contributed by atoms with van der Waals surface area (Å²) in [5.74, 6) is -0.979. The largest absolute Gasteiger partial charge is 0.462 e. The van der Waals surface area contributed by atoms with Gasteiger partial charge in [0.25, 0.3) is 0 Å². The zero-order valence-electron chi connectivity index (χ0n) is 48.3. The summed E-state index contributed by atoms with van der Waals surface area (Å²) < 4.78 is 16.8. The molecule has 0 saturated heterocycles. The molecule has 0 radical (unpaired) electrons. The predicted molar refractivity (Wildman–Crippen MR) is 325 cm³/mol. The number of hydrogen-bond acceptors (Lipinski definition) is 6. The molecule has 1 atom stereocenters. The second kappa shape index (κ2) is 61.8. The van der Waals surface area contributed by atoms with E-state index in [9.17, 15) is 14.4 Å². The van der Waals surface area contributed by atoms with Crippen molar-refractivity contribution in [3.63, 3.8) is 0 Å². The molecule has 0 fully saturated rings. The highest BCUT2D eigenvalue weighted by molar-refractivity contribution is 5.71. The van der Waals surface area contributed by atoms with Crippen molar-refractivity contribution in [3.05, 3.63) is 146 Å². The van der Waals surface area contributed by atoms with Crippen molar-refractivity contribution in [2.75, 3.05) is 13.2 Å². The Morgan fingerprint density at radius 2 is 0.520 bits per heavy atom. The van der Waals surface area contributed by atoms with E-state index in [0.717, 1.165) is 141 Å². The molecule has 0 aromatic heterocycles. The van der Waals surface area contributed by atoms with Crippen molar-refractivity contribution in [1.82, 2.24) is 0 Å². The first-order chi connectivity index (χ1) is 37.0. The van der Waals surface area contributed by atoms with Gasteiger partial charge in [0.2, 0.25) is 0 Å². The maximum atomic E-state index is 12.9. The van der Waals surface area contributed by atoms with E-state index in [1.165, 1.54) is 70.6 Å². The Hall–Kier alpha value is -4.71. The second-order valence-corrected chi connectivity index (χ2v) is 19.5. The molecule has 0 heterocycles. The van der Waals surface area contributed by atoms with Gasteiger partial charge in [-0.05, 0) is 141 Å². The summed E-state index contributed by atoms with van der Waals surface area (Å²) in [5.41, 5.74) is 0. The molecule has 6 heteroatoms. The van der Waals surface area contributed by atoms with Gasteiger partial charge in [-0.2, -0.15) is 0 Å². The topological polar surface area (TPSA) is 78.9 Å². The van der Waals surface area contributed by atoms with Gasteiger partial charge in [-0.3, -0.25) is 14.4 Å². The maximum absolute atomic E-state index is 12.9. The first-order valence-electron chi connectivity index (χ1n) is 30.3. The summed E-state index contributed by atoms with van der Waals surface area (Å²) in [6.45, 7) is 6.32. The van der Waals surface area contributed by atoms with Gasteiger partial charge in [-0.1, -0.05) is 237 Å². The normalized spacial score (nSPS) is 13.2. The summed E-state index contributed by atoms with van der Waals surface area (Å²) in [5, 5.41) is 0. The molecule has 0 aromatic rings. The molecule has 1 unspecified atom stereocenters. The molecule has 422 valence electrons. The minimum atomic E-state index is -0.814. The molecule has 0 amide bonds. The smallest absolute Gasteiger partial charge is 0.306 e. The molecule has 0 N–H and O–H groups in total. The third-order valence-electron chi connectivity index (χ3n) is 12.3. The van der Waals surface area contributed by atoms with Gasteiger partial charge in [0, 0.05) is 19.3 Å². The van der Waals surface area contributed by atoms with E-state index >= 15 is 0 Å². The standard InChI is InChI=1S/C69H110O6/c1-4-7-10-13-16-19-22-25-27-29-31-32-33-34-35-36-38-39-41-44-47-50-53-56-59-62-68(71)74-65-66(64-73-67(70)61-58-55-52-49-46-43-24-21-18-15-12-9-6-3)75-69(72)63-60-57-54-51-48-45-42-40-37-30-28-26-23-20-17-14-11-8-5-2/h7,9-10,12,16-21,25-28,31-32,34-35,38-39,43-44,46-47,66H,4-6,8,11,13-15,22-24,29-30,33,36-37,40-42,45,48-65H2,1-3H3/b10-7-,12-9-,19-16-,20-17-,21-18-,27-25-,28-26-,32-31-,35-34-,39-38-,46-43-,47-44-. The first kappa shape index (κ1) is 70.3. The van der Waals surface area contributed by atoms with Crippen molar-refractivity contribution in [3.8, 4) is 0 Å². The number of allylic oxidation sites excluding steroid dienone is 24. The fourth-order valence-corrected chi connectivity index (χ4v) is 7.82. The highest BCUT2D eigenvalue weighted by atomic mass is 16.6. The van der Waals surface area contributed by atoms with Crippen molar-refractivity contribution < 1.29 is 28.6 Å².